The molecule has 0 saturated heterocycles. The first kappa shape index (κ1) is 16.4. The van der Waals surface area contributed by atoms with E-state index in [4.69, 9.17) is 5.21 Å². The lowest BCUT2D eigenvalue weighted by molar-refractivity contribution is -0.131. The standard InChI is InChI=1S/C12H18N2O5S/c1-7(2)11(12(16)13-17)14-20(18,19)9-4-5-10(15)8(3)6-9/h4-7,11,14-15,17H,1-3H3,(H,13,16)/t11-/m1/s1. The summed E-state index contributed by atoms with van der Waals surface area (Å²) in [5.41, 5.74) is 1.84. The number of hydrogen-bond donors (Lipinski definition) is 4. The third kappa shape index (κ3) is 3.69. The van der Waals surface area contributed by atoms with Gasteiger partial charge in [0.25, 0.3) is 5.91 Å². The molecular weight excluding hydrogens is 284 g/mol. The van der Waals surface area contributed by atoms with Crippen LogP contribution in [0, 0.1) is 12.8 Å². The summed E-state index contributed by atoms with van der Waals surface area (Å²) in [4.78, 5) is 11.4. The number of amides is 1. The van der Waals surface area contributed by atoms with Gasteiger partial charge in [-0.05, 0) is 36.6 Å². The van der Waals surface area contributed by atoms with Crippen LogP contribution in [0.3, 0.4) is 0 Å². The molecule has 1 amide bonds. The summed E-state index contributed by atoms with van der Waals surface area (Å²) in [5.74, 6) is -1.20. The highest BCUT2D eigenvalue weighted by molar-refractivity contribution is 7.89. The second-order valence-electron chi connectivity index (χ2n) is 4.77. The van der Waals surface area contributed by atoms with Gasteiger partial charge >= 0.3 is 0 Å². The van der Waals surface area contributed by atoms with E-state index >= 15 is 0 Å². The highest BCUT2D eigenvalue weighted by Gasteiger charge is 2.28. The van der Waals surface area contributed by atoms with Gasteiger partial charge in [-0.1, -0.05) is 13.8 Å². The van der Waals surface area contributed by atoms with Crippen molar-refractivity contribution in [2.24, 2.45) is 5.92 Å². The second kappa shape index (κ2) is 6.21. The Morgan fingerprint density at radius 2 is 1.90 bits per heavy atom. The molecule has 112 valence electrons. The minimum atomic E-state index is -3.93. The Kier molecular flexibility index (Phi) is 5.09. The molecule has 20 heavy (non-hydrogen) atoms. The summed E-state index contributed by atoms with van der Waals surface area (Å²) < 4.78 is 26.6. The Bertz CT molecular complexity index is 598. The number of rotatable bonds is 5. The van der Waals surface area contributed by atoms with Gasteiger partial charge < -0.3 is 5.11 Å². The van der Waals surface area contributed by atoms with Gasteiger partial charge in [0.2, 0.25) is 10.0 Å². The molecular formula is C12H18N2O5S. The number of aryl methyl sites for hydroxylation is 1. The van der Waals surface area contributed by atoms with Gasteiger partial charge in [-0.15, -0.1) is 0 Å². The average Bonchev–Trinajstić information content (AvgIpc) is 2.38. The van der Waals surface area contributed by atoms with Crippen LogP contribution in [-0.4, -0.2) is 30.7 Å². The molecule has 1 atom stereocenters. The summed E-state index contributed by atoms with van der Waals surface area (Å²) in [6.45, 7) is 4.85. The number of carbonyl (C=O) groups excluding carboxylic acids is 1. The van der Waals surface area contributed by atoms with Gasteiger partial charge in [0.15, 0.2) is 0 Å². The topological polar surface area (TPSA) is 116 Å². The highest BCUT2D eigenvalue weighted by atomic mass is 32.2. The maximum absolute atomic E-state index is 12.2. The van der Waals surface area contributed by atoms with Crippen LogP contribution in [0.25, 0.3) is 0 Å². The van der Waals surface area contributed by atoms with E-state index in [9.17, 15) is 18.3 Å². The molecule has 0 fully saturated rings. The molecule has 0 bridgehead atoms. The van der Waals surface area contributed by atoms with Crippen molar-refractivity contribution >= 4 is 15.9 Å². The van der Waals surface area contributed by atoms with E-state index in [1.165, 1.54) is 23.7 Å². The summed E-state index contributed by atoms with van der Waals surface area (Å²) in [7, 11) is -3.93. The van der Waals surface area contributed by atoms with Gasteiger partial charge in [-0.2, -0.15) is 4.72 Å². The van der Waals surface area contributed by atoms with Crippen molar-refractivity contribution in [1.82, 2.24) is 10.2 Å². The number of sulfonamides is 1. The van der Waals surface area contributed by atoms with E-state index in [0.717, 1.165) is 0 Å². The lowest BCUT2D eigenvalue weighted by Crippen LogP contribution is -2.48. The molecule has 0 heterocycles. The average molecular weight is 302 g/mol. The van der Waals surface area contributed by atoms with E-state index in [0.29, 0.717) is 5.56 Å². The second-order valence-corrected chi connectivity index (χ2v) is 6.48. The quantitative estimate of drug-likeness (QED) is 0.467. The minimum absolute atomic E-state index is 0.0162. The van der Waals surface area contributed by atoms with Gasteiger partial charge in [0.1, 0.15) is 11.8 Å². The largest absolute Gasteiger partial charge is 0.508 e. The fourth-order valence-corrected chi connectivity index (χ4v) is 3.02. The third-order valence-corrected chi connectivity index (χ3v) is 4.26. The first-order valence-corrected chi connectivity index (χ1v) is 7.43. The van der Waals surface area contributed by atoms with E-state index in [1.54, 1.807) is 20.8 Å². The van der Waals surface area contributed by atoms with Crippen LogP contribution in [0.4, 0.5) is 0 Å². The SMILES string of the molecule is Cc1cc(S(=O)(=O)N[C@@H](C(=O)NO)C(C)C)ccc1O. The molecule has 0 aliphatic carbocycles. The number of hydroxylamine groups is 1. The Labute approximate surface area is 117 Å². The van der Waals surface area contributed by atoms with E-state index in [1.807, 2.05) is 0 Å². The lowest BCUT2D eigenvalue weighted by Gasteiger charge is -2.20. The van der Waals surface area contributed by atoms with Crippen molar-refractivity contribution in [3.05, 3.63) is 23.8 Å². The number of benzene rings is 1. The van der Waals surface area contributed by atoms with Crippen LogP contribution < -0.4 is 10.2 Å². The number of hydrogen-bond acceptors (Lipinski definition) is 5. The monoisotopic (exact) mass is 302 g/mol. The first-order chi connectivity index (χ1) is 9.19. The molecule has 1 aromatic rings. The molecule has 1 rings (SSSR count). The zero-order valence-electron chi connectivity index (χ0n) is 11.4. The van der Waals surface area contributed by atoms with Crippen molar-refractivity contribution in [3.63, 3.8) is 0 Å². The zero-order chi connectivity index (χ0) is 15.5. The first-order valence-electron chi connectivity index (χ1n) is 5.95. The smallest absolute Gasteiger partial charge is 0.261 e. The molecule has 0 aromatic heterocycles. The van der Waals surface area contributed by atoms with Crippen LogP contribution in [0.5, 0.6) is 5.75 Å². The number of aromatic hydroxyl groups is 1. The number of phenolic OH excluding ortho intramolecular Hbond substituents is 1. The van der Waals surface area contributed by atoms with Crippen LogP contribution in [-0.2, 0) is 14.8 Å². The molecule has 7 nitrogen and oxygen atoms in total. The molecule has 0 radical (unpaired) electrons. The van der Waals surface area contributed by atoms with Gasteiger partial charge in [0.05, 0.1) is 4.90 Å². The number of carbonyl (C=O) groups is 1. The maximum Gasteiger partial charge on any atom is 0.261 e. The van der Waals surface area contributed by atoms with Crippen molar-refractivity contribution in [1.29, 1.82) is 0 Å². The Hall–Kier alpha value is -1.64. The Balaban J connectivity index is 3.09. The van der Waals surface area contributed by atoms with Crippen molar-refractivity contribution in [2.75, 3.05) is 0 Å². The normalized spacial score (nSPS) is 13.2. The maximum atomic E-state index is 12.2. The molecule has 0 aliphatic heterocycles. The number of phenols is 1. The summed E-state index contributed by atoms with van der Waals surface area (Å²) in [6.07, 6.45) is 0. The molecule has 4 N–H and O–H groups in total. The highest BCUT2D eigenvalue weighted by Crippen LogP contribution is 2.20. The lowest BCUT2D eigenvalue weighted by atomic mass is 10.1. The van der Waals surface area contributed by atoms with Gasteiger partial charge in [-0.3, -0.25) is 10.0 Å². The molecule has 0 aliphatic rings. The van der Waals surface area contributed by atoms with Gasteiger partial charge in [0, 0.05) is 0 Å². The van der Waals surface area contributed by atoms with E-state index in [-0.39, 0.29) is 16.6 Å². The van der Waals surface area contributed by atoms with Crippen LogP contribution in [0.2, 0.25) is 0 Å². The number of nitrogens with one attached hydrogen (secondary N) is 2. The predicted octanol–water partition coefficient (Wildman–Crippen LogP) is 0.509. The zero-order valence-corrected chi connectivity index (χ0v) is 12.2. The molecule has 1 aromatic carbocycles. The van der Waals surface area contributed by atoms with Gasteiger partial charge in [-0.25, -0.2) is 13.9 Å². The van der Waals surface area contributed by atoms with E-state index < -0.39 is 22.0 Å². The van der Waals surface area contributed by atoms with Crippen LogP contribution in [0.15, 0.2) is 23.1 Å². The Morgan fingerprint density at radius 1 is 1.30 bits per heavy atom. The predicted molar refractivity (Wildman–Crippen MR) is 71.7 cm³/mol. The van der Waals surface area contributed by atoms with Crippen molar-refractivity contribution in [2.45, 2.75) is 31.7 Å². The molecule has 0 unspecified atom stereocenters. The minimum Gasteiger partial charge on any atom is -0.508 e. The summed E-state index contributed by atoms with van der Waals surface area (Å²) in [6, 6.07) is 2.70. The van der Waals surface area contributed by atoms with Crippen LogP contribution in [0.1, 0.15) is 19.4 Å². The van der Waals surface area contributed by atoms with Crippen molar-refractivity contribution < 1.29 is 23.5 Å². The molecule has 0 spiro atoms. The molecule has 0 saturated carbocycles. The fraction of sp³-hybridized carbons (Fsp3) is 0.417. The Morgan fingerprint density at radius 3 is 2.35 bits per heavy atom. The third-order valence-electron chi connectivity index (χ3n) is 2.82. The van der Waals surface area contributed by atoms with E-state index in [2.05, 4.69) is 4.72 Å². The van der Waals surface area contributed by atoms with Crippen molar-refractivity contribution in [3.8, 4) is 5.75 Å². The summed E-state index contributed by atoms with van der Waals surface area (Å²) >= 11 is 0. The fourth-order valence-electron chi connectivity index (χ4n) is 1.59. The summed E-state index contributed by atoms with van der Waals surface area (Å²) in [5, 5.41) is 18.0. The molecule has 8 heteroatoms. The van der Waals surface area contributed by atoms with Crippen LogP contribution >= 0.6 is 0 Å².